The molecule has 4 rings (SSSR count). The Morgan fingerprint density at radius 3 is 2.06 bits per heavy atom. The molecule has 0 aliphatic carbocycles. The molecule has 4 aromatic carbocycles. The fourth-order valence-corrected chi connectivity index (χ4v) is 4.12. The highest BCUT2D eigenvalue weighted by Gasteiger charge is 2.20. The van der Waals surface area contributed by atoms with Crippen LogP contribution in [0.15, 0.2) is 85.5 Å². The topological polar surface area (TPSA) is 38.3 Å². The summed E-state index contributed by atoms with van der Waals surface area (Å²) in [5, 5.41) is 8.13. The first-order chi connectivity index (χ1) is 15.2. The quantitative estimate of drug-likeness (QED) is 0.197. The van der Waals surface area contributed by atoms with Gasteiger partial charge in [-0.1, -0.05) is 81.1 Å². The molecule has 0 aliphatic rings. The highest BCUT2D eigenvalue weighted by molar-refractivity contribution is 6.12. The molecule has 0 saturated carbocycles. The summed E-state index contributed by atoms with van der Waals surface area (Å²) >= 11 is 0. The minimum Gasteiger partial charge on any atom is -0.423 e. The van der Waals surface area contributed by atoms with E-state index >= 15 is 0 Å². The Hall–Kier alpha value is -3.59. The van der Waals surface area contributed by atoms with Gasteiger partial charge >= 0.3 is 5.97 Å². The maximum atomic E-state index is 12.2. The average Bonchev–Trinajstić information content (AvgIpc) is 2.82. The standard InChI is InChI=1S/C28H27NO2/c1-4-21(5-2)29-24-17-15-19-11-7-9-13-22(19)27(24)28-23-14-10-8-12-20(23)16-18-25(28)31-26(30)6-3/h6-18,21,29H,3-5H2,1-2H3. The second-order valence-electron chi connectivity index (χ2n) is 7.65. The number of carbonyl (C=O) groups is 1. The van der Waals surface area contributed by atoms with Crippen molar-refractivity contribution in [1.82, 2.24) is 0 Å². The van der Waals surface area contributed by atoms with Crippen LogP contribution in [-0.2, 0) is 4.79 Å². The molecule has 0 unspecified atom stereocenters. The number of hydrogen-bond donors (Lipinski definition) is 1. The molecule has 1 N–H and O–H groups in total. The van der Waals surface area contributed by atoms with Crippen LogP contribution in [0.2, 0.25) is 0 Å². The number of benzene rings is 4. The Morgan fingerprint density at radius 1 is 0.871 bits per heavy atom. The van der Waals surface area contributed by atoms with Crippen LogP contribution < -0.4 is 10.1 Å². The van der Waals surface area contributed by atoms with Gasteiger partial charge in [-0.15, -0.1) is 0 Å². The molecule has 0 saturated heterocycles. The molecule has 0 heterocycles. The van der Waals surface area contributed by atoms with E-state index in [-0.39, 0.29) is 0 Å². The molecule has 31 heavy (non-hydrogen) atoms. The van der Waals surface area contributed by atoms with Gasteiger partial charge in [0.1, 0.15) is 5.75 Å². The van der Waals surface area contributed by atoms with E-state index < -0.39 is 5.97 Å². The van der Waals surface area contributed by atoms with Crippen molar-refractivity contribution in [2.75, 3.05) is 5.32 Å². The van der Waals surface area contributed by atoms with Gasteiger partial charge in [0.25, 0.3) is 0 Å². The highest BCUT2D eigenvalue weighted by Crippen LogP contribution is 2.44. The zero-order valence-corrected chi connectivity index (χ0v) is 18.0. The second kappa shape index (κ2) is 9.05. The Balaban J connectivity index is 2.08. The van der Waals surface area contributed by atoms with E-state index in [1.807, 2.05) is 36.4 Å². The lowest BCUT2D eigenvalue weighted by molar-refractivity contribution is -0.128. The Bertz CT molecular complexity index is 1250. The number of anilines is 1. The maximum Gasteiger partial charge on any atom is 0.335 e. The summed E-state index contributed by atoms with van der Waals surface area (Å²) in [4.78, 5) is 12.2. The van der Waals surface area contributed by atoms with Crippen LogP contribution in [0.3, 0.4) is 0 Å². The van der Waals surface area contributed by atoms with Gasteiger partial charge in [-0.05, 0) is 46.5 Å². The largest absolute Gasteiger partial charge is 0.423 e. The van der Waals surface area contributed by atoms with E-state index in [4.69, 9.17) is 4.74 Å². The zero-order valence-electron chi connectivity index (χ0n) is 18.0. The number of hydrogen-bond acceptors (Lipinski definition) is 3. The summed E-state index contributed by atoms with van der Waals surface area (Å²) in [7, 11) is 0. The lowest BCUT2D eigenvalue weighted by Crippen LogP contribution is -2.17. The molecule has 0 aliphatic heterocycles. The van der Waals surface area contributed by atoms with Crippen molar-refractivity contribution < 1.29 is 9.53 Å². The average molecular weight is 410 g/mol. The van der Waals surface area contributed by atoms with Gasteiger partial charge in [0.05, 0.1) is 0 Å². The number of rotatable bonds is 7. The molecule has 0 bridgehead atoms. The van der Waals surface area contributed by atoms with Crippen LogP contribution in [0, 0.1) is 0 Å². The van der Waals surface area contributed by atoms with E-state index in [1.54, 1.807) is 0 Å². The lowest BCUT2D eigenvalue weighted by atomic mass is 9.91. The molecule has 0 atom stereocenters. The van der Waals surface area contributed by atoms with Crippen molar-refractivity contribution in [2.45, 2.75) is 32.7 Å². The lowest BCUT2D eigenvalue weighted by Gasteiger charge is -2.23. The molecule has 156 valence electrons. The third-order valence-electron chi connectivity index (χ3n) is 5.79. The number of carbonyl (C=O) groups excluding carboxylic acids is 1. The molecule has 3 nitrogen and oxygen atoms in total. The van der Waals surface area contributed by atoms with E-state index in [9.17, 15) is 4.79 Å². The molecule has 0 amide bonds. The van der Waals surface area contributed by atoms with E-state index in [0.29, 0.717) is 11.8 Å². The van der Waals surface area contributed by atoms with Gasteiger partial charge in [-0.2, -0.15) is 0 Å². The van der Waals surface area contributed by atoms with Gasteiger partial charge < -0.3 is 10.1 Å². The summed E-state index contributed by atoms with van der Waals surface area (Å²) in [6.07, 6.45) is 3.25. The summed E-state index contributed by atoms with van der Waals surface area (Å²) in [6.45, 7) is 7.95. The van der Waals surface area contributed by atoms with Crippen LogP contribution >= 0.6 is 0 Å². The molecule has 0 aromatic heterocycles. The Morgan fingerprint density at radius 2 is 1.45 bits per heavy atom. The van der Waals surface area contributed by atoms with Crippen molar-refractivity contribution in [3.05, 3.63) is 85.5 Å². The van der Waals surface area contributed by atoms with Crippen LogP contribution in [0.25, 0.3) is 32.7 Å². The summed E-state index contributed by atoms with van der Waals surface area (Å²) < 4.78 is 5.73. The first kappa shape index (κ1) is 20.7. The molecule has 0 radical (unpaired) electrons. The molecule has 4 aromatic rings. The summed E-state index contributed by atoms with van der Waals surface area (Å²) in [5.41, 5.74) is 3.01. The fourth-order valence-electron chi connectivity index (χ4n) is 4.12. The van der Waals surface area contributed by atoms with Gasteiger partial charge in [0.2, 0.25) is 0 Å². The van der Waals surface area contributed by atoms with E-state index in [1.165, 1.54) is 6.08 Å². The van der Waals surface area contributed by atoms with Crippen LogP contribution in [-0.4, -0.2) is 12.0 Å². The molecule has 0 spiro atoms. The van der Waals surface area contributed by atoms with Gasteiger partial charge in [0, 0.05) is 28.9 Å². The normalized spacial score (nSPS) is 11.1. The van der Waals surface area contributed by atoms with Crippen molar-refractivity contribution in [3.8, 4) is 16.9 Å². The number of ether oxygens (including phenoxy) is 1. The predicted molar refractivity (Wildman–Crippen MR) is 131 cm³/mol. The SMILES string of the molecule is C=CC(=O)Oc1ccc2ccccc2c1-c1c(NC(CC)CC)ccc2ccccc12. The zero-order chi connectivity index (χ0) is 21.8. The summed E-state index contributed by atoms with van der Waals surface area (Å²) in [5.74, 6) is 0.0684. The summed E-state index contributed by atoms with van der Waals surface area (Å²) in [6, 6.07) is 25.0. The molecular weight excluding hydrogens is 382 g/mol. The maximum absolute atomic E-state index is 12.2. The van der Waals surface area contributed by atoms with Crippen LogP contribution in [0.4, 0.5) is 5.69 Å². The fraction of sp³-hybridized carbons (Fsp3) is 0.179. The second-order valence-corrected chi connectivity index (χ2v) is 7.65. The van der Waals surface area contributed by atoms with Gasteiger partial charge in [-0.25, -0.2) is 4.79 Å². The van der Waals surface area contributed by atoms with Crippen LogP contribution in [0.1, 0.15) is 26.7 Å². The van der Waals surface area contributed by atoms with Crippen molar-refractivity contribution in [2.24, 2.45) is 0 Å². The van der Waals surface area contributed by atoms with Crippen molar-refractivity contribution in [1.29, 1.82) is 0 Å². The number of nitrogens with one attached hydrogen (secondary N) is 1. The third kappa shape index (κ3) is 4.04. The van der Waals surface area contributed by atoms with Crippen molar-refractivity contribution >= 4 is 33.2 Å². The van der Waals surface area contributed by atoms with Gasteiger partial charge in [-0.3, -0.25) is 0 Å². The minimum atomic E-state index is -0.466. The first-order valence-corrected chi connectivity index (χ1v) is 10.8. The number of esters is 1. The van der Waals surface area contributed by atoms with E-state index in [2.05, 4.69) is 62.1 Å². The molecular formula is C28H27NO2. The Kier molecular flexibility index (Phi) is 6.03. The van der Waals surface area contributed by atoms with Gasteiger partial charge in [0.15, 0.2) is 0 Å². The number of fused-ring (bicyclic) bond motifs is 2. The third-order valence-corrected chi connectivity index (χ3v) is 5.79. The highest BCUT2D eigenvalue weighted by atomic mass is 16.5. The minimum absolute atomic E-state index is 0.356. The predicted octanol–water partition coefficient (Wildman–Crippen LogP) is 7.35. The molecule has 0 fully saturated rings. The Labute approximate surface area is 183 Å². The van der Waals surface area contributed by atoms with Crippen LogP contribution in [0.5, 0.6) is 5.75 Å². The monoisotopic (exact) mass is 409 g/mol. The first-order valence-electron chi connectivity index (χ1n) is 10.8. The van der Waals surface area contributed by atoms with E-state index in [0.717, 1.165) is 51.2 Å². The molecule has 3 heteroatoms. The van der Waals surface area contributed by atoms with Crippen molar-refractivity contribution in [3.63, 3.8) is 0 Å². The smallest absolute Gasteiger partial charge is 0.335 e.